The topological polar surface area (TPSA) is 62.2 Å². The maximum atomic E-state index is 11.3. The van der Waals surface area contributed by atoms with Gasteiger partial charge in [0.25, 0.3) is 0 Å². The van der Waals surface area contributed by atoms with Crippen LogP contribution in [0.4, 0.5) is 0 Å². The van der Waals surface area contributed by atoms with Crippen LogP contribution >= 0.6 is 22.1 Å². The molecule has 2 heterocycles. The van der Waals surface area contributed by atoms with Crippen LogP contribution in [0.3, 0.4) is 0 Å². The summed E-state index contributed by atoms with van der Waals surface area (Å²) < 4.78 is 22.9. The van der Waals surface area contributed by atoms with Crippen molar-refractivity contribution in [2.45, 2.75) is 62.8 Å². The summed E-state index contributed by atoms with van der Waals surface area (Å²) >= 11 is 1.67. The summed E-state index contributed by atoms with van der Waals surface area (Å²) in [5, 5.41) is 10.9. The number of rotatable bonds is 6. The van der Waals surface area contributed by atoms with E-state index in [1.54, 1.807) is 18.9 Å². The Morgan fingerprint density at radius 3 is 2.73 bits per heavy atom. The van der Waals surface area contributed by atoms with E-state index in [-0.39, 0.29) is 17.5 Å². The van der Waals surface area contributed by atoms with Gasteiger partial charge in [0.05, 0.1) is 23.6 Å². The van der Waals surface area contributed by atoms with Crippen molar-refractivity contribution in [2.24, 2.45) is 0 Å². The Kier molecular flexibility index (Phi) is 5.95. The molecule has 2 saturated heterocycles. The normalized spacial score (nSPS) is 47.6. The third kappa shape index (κ3) is 3.52. The highest BCUT2D eigenvalue weighted by atomic mass is 32.3. The molecule has 6 heteroatoms. The number of thioether (sulfide) groups is 1. The van der Waals surface area contributed by atoms with E-state index < -0.39 is 22.0 Å². The highest BCUT2D eigenvalue weighted by Crippen LogP contribution is 2.64. The fourth-order valence-electron chi connectivity index (χ4n) is 3.59. The summed E-state index contributed by atoms with van der Waals surface area (Å²) in [5.74, 6) is 0.674. The Morgan fingerprint density at radius 2 is 2.18 bits per heavy atom. The molecule has 0 aliphatic carbocycles. The fraction of sp³-hybridized carbons (Fsp3) is 0.875. The number of epoxide rings is 1. The second-order valence-electron chi connectivity index (χ2n) is 6.80. The third-order valence-electron chi connectivity index (χ3n) is 4.79. The van der Waals surface area contributed by atoms with Gasteiger partial charge in [-0.05, 0) is 39.9 Å². The predicted octanol–water partition coefficient (Wildman–Crippen LogP) is 3.25. The second kappa shape index (κ2) is 7.03. The molecule has 2 rings (SSSR count). The third-order valence-corrected chi connectivity index (χ3v) is 9.99. The van der Waals surface area contributed by atoms with E-state index >= 15 is 0 Å². The van der Waals surface area contributed by atoms with Crippen molar-refractivity contribution < 1.29 is 19.1 Å². The average Bonchev–Trinajstić information content (AvgIpc) is 3.10. The van der Waals surface area contributed by atoms with Gasteiger partial charge in [0, 0.05) is 17.9 Å². The Bertz CT molecular complexity index is 426. The molecule has 0 aromatic carbocycles. The van der Waals surface area contributed by atoms with E-state index in [9.17, 15) is 9.66 Å². The van der Waals surface area contributed by atoms with Crippen LogP contribution in [0.5, 0.6) is 0 Å². The molecule has 22 heavy (non-hydrogen) atoms. The van der Waals surface area contributed by atoms with Crippen molar-refractivity contribution in [3.8, 4) is 0 Å². The lowest BCUT2D eigenvalue weighted by Gasteiger charge is -2.51. The molecule has 2 aliphatic rings. The van der Waals surface area contributed by atoms with Crippen LogP contribution in [0.2, 0.25) is 0 Å². The Balaban J connectivity index is 2.24. The van der Waals surface area contributed by atoms with Gasteiger partial charge in [-0.1, -0.05) is 11.6 Å². The first-order valence-corrected chi connectivity index (χ1v) is 11.2. The van der Waals surface area contributed by atoms with Gasteiger partial charge >= 0.3 is 0 Å². The second-order valence-corrected chi connectivity index (χ2v) is 11.0. The first-order valence-electron chi connectivity index (χ1n) is 7.79. The van der Waals surface area contributed by atoms with E-state index in [1.165, 1.54) is 5.57 Å². The van der Waals surface area contributed by atoms with Crippen LogP contribution in [0.25, 0.3) is 0 Å². The zero-order valence-corrected chi connectivity index (χ0v) is 15.9. The zero-order valence-electron chi connectivity index (χ0n) is 14.2. The lowest BCUT2D eigenvalue weighted by molar-refractivity contribution is -0.0301. The molecule has 0 bridgehead atoms. The summed E-state index contributed by atoms with van der Waals surface area (Å²) in [4.78, 5) is 0. The largest absolute Gasteiger partial charge is 0.390 e. The summed E-state index contributed by atoms with van der Waals surface area (Å²) in [6.45, 7) is 6.23. The van der Waals surface area contributed by atoms with Crippen molar-refractivity contribution in [1.29, 1.82) is 0 Å². The van der Waals surface area contributed by atoms with E-state index in [2.05, 4.69) is 26.8 Å². The van der Waals surface area contributed by atoms with Crippen LogP contribution in [-0.2, 0) is 9.47 Å². The first kappa shape index (κ1) is 18.6. The van der Waals surface area contributed by atoms with Crippen molar-refractivity contribution in [1.82, 2.24) is 0 Å². The average molecular weight is 351 g/mol. The van der Waals surface area contributed by atoms with Gasteiger partial charge in [-0.25, -0.2) is 0 Å². The molecule has 0 aromatic rings. The van der Waals surface area contributed by atoms with Crippen LogP contribution in [-0.4, -0.2) is 63.0 Å². The van der Waals surface area contributed by atoms with Crippen LogP contribution in [0.1, 0.15) is 33.6 Å². The number of ether oxygens (including phenoxy) is 2. The van der Waals surface area contributed by atoms with Crippen LogP contribution < -0.4 is 0 Å². The SMILES string of the molecule is CO[C@@H]1[C@H](O)CCS(O)(CSC)[C@H]1[C@]1(C)OC1CC=C(C)C. The molecule has 2 unspecified atom stereocenters. The molecule has 0 radical (unpaired) electrons. The van der Waals surface area contributed by atoms with Gasteiger partial charge in [0.1, 0.15) is 5.60 Å². The lowest BCUT2D eigenvalue weighted by atomic mass is 9.93. The smallest absolute Gasteiger partial charge is 0.107 e. The maximum absolute atomic E-state index is 11.3. The van der Waals surface area contributed by atoms with Crippen molar-refractivity contribution >= 4 is 22.1 Å². The standard InChI is InChI=1S/C16H30O4S2/c1-11(2)6-7-13-16(3,20-13)15-14(19-4)12(17)8-9-22(15,18)10-21-5/h6,12-15,17-18H,7-10H2,1-5H3/t12-,13?,14-,15-,16-/m1/s1. The van der Waals surface area contributed by atoms with Gasteiger partial charge in [-0.3, -0.25) is 0 Å². The number of hydrogen-bond acceptors (Lipinski definition) is 5. The molecule has 0 spiro atoms. The maximum Gasteiger partial charge on any atom is 0.107 e. The molecule has 6 atom stereocenters. The monoisotopic (exact) mass is 350 g/mol. The Morgan fingerprint density at radius 1 is 1.50 bits per heavy atom. The number of allylic oxidation sites excluding steroid dienone is 1. The van der Waals surface area contributed by atoms with Crippen LogP contribution in [0, 0.1) is 0 Å². The van der Waals surface area contributed by atoms with E-state index in [0.717, 1.165) is 11.5 Å². The van der Waals surface area contributed by atoms with Gasteiger partial charge in [0.15, 0.2) is 0 Å². The molecular weight excluding hydrogens is 320 g/mol. The van der Waals surface area contributed by atoms with Crippen molar-refractivity contribution in [3.63, 3.8) is 0 Å². The fourth-order valence-corrected chi connectivity index (χ4v) is 9.06. The summed E-state index contributed by atoms with van der Waals surface area (Å²) in [7, 11) is -0.233. The molecule has 2 N–H and O–H groups in total. The summed E-state index contributed by atoms with van der Waals surface area (Å²) in [6, 6.07) is 0. The highest BCUT2D eigenvalue weighted by molar-refractivity contribution is 8.36. The lowest BCUT2D eigenvalue weighted by Crippen LogP contribution is -2.54. The molecule has 0 amide bonds. The Labute approximate surface area is 140 Å². The Hall–Kier alpha value is 0.280. The van der Waals surface area contributed by atoms with Gasteiger partial charge < -0.3 is 19.1 Å². The highest BCUT2D eigenvalue weighted by Gasteiger charge is 2.65. The minimum absolute atomic E-state index is 0.108. The molecule has 2 aliphatic heterocycles. The van der Waals surface area contributed by atoms with Gasteiger partial charge in [-0.15, -0.1) is 10.3 Å². The molecule has 130 valence electrons. The minimum atomic E-state index is -1.86. The number of aliphatic hydroxyl groups excluding tert-OH is 1. The number of hydrogen-bond donors (Lipinski definition) is 2. The van der Waals surface area contributed by atoms with Crippen molar-refractivity contribution in [3.05, 3.63) is 11.6 Å². The zero-order chi connectivity index (χ0) is 16.5. The summed E-state index contributed by atoms with van der Waals surface area (Å²) in [5.41, 5.74) is 0.880. The van der Waals surface area contributed by atoms with E-state index in [0.29, 0.717) is 12.2 Å². The number of methoxy groups -OCH3 is 1. The molecular formula is C16H30O4S2. The minimum Gasteiger partial charge on any atom is -0.390 e. The van der Waals surface area contributed by atoms with Crippen LogP contribution in [0.15, 0.2) is 11.6 Å². The van der Waals surface area contributed by atoms with E-state index in [1.807, 2.05) is 6.26 Å². The summed E-state index contributed by atoms with van der Waals surface area (Å²) in [6.07, 6.45) is 4.91. The van der Waals surface area contributed by atoms with Crippen molar-refractivity contribution in [2.75, 3.05) is 24.2 Å². The first-order chi connectivity index (χ1) is 10.3. The predicted molar refractivity (Wildman–Crippen MR) is 96.0 cm³/mol. The van der Waals surface area contributed by atoms with Gasteiger partial charge in [-0.2, -0.15) is 11.8 Å². The van der Waals surface area contributed by atoms with E-state index in [4.69, 9.17) is 9.47 Å². The molecule has 0 saturated carbocycles. The number of aliphatic hydroxyl groups is 1. The van der Waals surface area contributed by atoms with Gasteiger partial charge in [0.2, 0.25) is 0 Å². The molecule has 2 fully saturated rings. The quantitative estimate of drug-likeness (QED) is 0.569. The molecule has 4 nitrogen and oxygen atoms in total. The molecule has 0 aromatic heterocycles.